The first kappa shape index (κ1) is 17.5. The Morgan fingerprint density at radius 3 is 2.70 bits per heavy atom. The van der Waals surface area contributed by atoms with Gasteiger partial charge in [-0.05, 0) is 12.0 Å². The van der Waals surface area contributed by atoms with Crippen LogP contribution in [0.25, 0.3) is 0 Å². The van der Waals surface area contributed by atoms with Gasteiger partial charge < -0.3 is 14.0 Å². The summed E-state index contributed by atoms with van der Waals surface area (Å²) in [5, 5.41) is 9.25. The van der Waals surface area contributed by atoms with Crippen molar-refractivity contribution in [1.29, 1.82) is 0 Å². The number of hydrogen-bond donors (Lipinski definition) is 0. The van der Waals surface area contributed by atoms with Crippen LogP contribution in [-0.4, -0.2) is 47.3 Å². The fraction of sp³-hybridized carbons (Fsp3) is 0.438. The largest absolute Gasteiger partial charge is 0.468 e. The molecule has 0 radical (unpaired) electrons. The molecule has 2 aromatic rings. The van der Waals surface area contributed by atoms with E-state index >= 15 is 0 Å². The van der Waals surface area contributed by atoms with Crippen LogP contribution >= 0.6 is 11.8 Å². The SMILES string of the molecule is COCCCn1c(Cc2ccccc2)nnc1SCC(=O)OC. The molecule has 0 amide bonds. The molecule has 0 fully saturated rings. The summed E-state index contributed by atoms with van der Waals surface area (Å²) in [5.41, 5.74) is 1.18. The molecule has 6 nitrogen and oxygen atoms in total. The van der Waals surface area contributed by atoms with E-state index in [9.17, 15) is 4.79 Å². The third-order valence-electron chi connectivity index (χ3n) is 3.28. The highest BCUT2D eigenvalue weighted by Gasteiger charge is 2.14. The molecule has 7 heteroatoms. The van der Waals surface area contributed by atoms with Crippen molar-refractivity contribution in [3.63, 3.8) is 0 Å². The van der Waals surface area contributed by atoms with Crippen LogP contribution in [0.15, 0.2) is 35.5 Å². The van der Waals surface area contributed by atoms with E-state index in [2.05, 4.69) is 31.6 Å². The Bertz CT molecular complexity index is 616. The minimum atomic E-state index is -0.272. The standard InChI is InChI=1S/C16H21N3O3S/c1-21-10-6-9-19-14(11-13-7-4-3-5-8-13)17-18-16(19)23-12-15(20)22-2/h3-5,7-8H,6,9-12H2,1-2H3. The van der Waals surface area contributed by atoms with Gasteiger partial charge in [0.2, 0.25) is 0 Å². The molecule has 0 N–H and O–H groups in total. The van der Waals surface area contributed by atoms with Gasteiger partial charge in [0.05, 0.1) is 12.9 Å². The number of ether oxygens (including phenoxy) is 2. The van der Waals surface area contributed by atoms with E-state index in [1.807, 2.05) is 18.2 Å². The van der Waals surface area contributed by atoms with Gasteiger partial charge in [-0.2, -0.15) is 0 Å². The smallest absolute Gasteiger partial charge is 0.316 e. The van der Waals surface area contributed by atoms with Gasteiger partial charge in [-0.3, -0.25) is 4.79 Å². The normalized spacial score (nSPS) is 10.7. The number of hydrogen-bond acceptors (Lipinski definition) is 6. The number of esters is 1. The summed E-state index contributed by atoms with van der Waals surface area (Å²) in [7, 11) is 3.07. The van der Waals surface area contributed by atoms with Crippen molar-refractivity contribution in [2.75, 3.05) is 26.6 Å². The third-order valence-corrected chi connectivity index (χ3v) is 4.22. The lowest BCUT2D eigenvalue weighted by atomic mass is 10.1. The molecule has 0 aliphatic heterocycles. The van der Waals surface area contributed by atoms with Crippen molar-refractivity contribution >= 4 is 17.7 Å². The molecule has 1 aromatic carbocycles. The molecular formula is C16H21N3O3S. The number of benzene rings is 1. The molecular weight excluding hydrogens is 314 g/mol. The van der Waals surface area contributed by atoms with Crippen LogP contribution in [-0.2, 0) is 27.2 Å². The molecule has 0 spiro atoms. The Balaban J connectivity index is 2.12. The Labute approximate surface area is 140 Å². The van der Waals surface area contributed by atoms with Crippen LogP contribution in [0.2, 0.25) is 0 Å². The summed E-state index contributed by atoms with van der Waals surface area (Å²) in [6.07, 6.45) is 1.57. The van der Waals surface area contributed by atoms with Gasteiger partial charge in [0.15, 0.2) is 5.16 Å². The molecule has 2 rings (SSSR count). The molecule has 0 bridgehead atoms. The van der Waals surface area contributed by atoms with E-state index in [-0.39, 0.29) is 11.7 Å². The van der Waals surface area contributed by atoms with Gasteiger partial charge in [0.1, 0.15) is 5.82 Å². The fourth-order valence-electron chi connectivity index (χ4n) is 2.11. The summed E-state index contributed by atoms with van der Waals surface area (Å²) in [6, 6.07) is 10.1. The maximum absolute atomic E-state index is 11.3. The van der Waals surface area contributed by atoms with E-state index in [0.717, 1.165) is 23.9 Å². The summed E-state index contributed by atoms with van der Waals surface area (Å²) >= 11 is 1.34. The van der Waals surface area contributed by atoms with Gasteiger partial charge in [-0.15, -0.1) is 10.2 Å². The van der Waals surface area contributed by atoms with Crippen LogP contribution < -0.4 is 0 Å². The van der Waals surface area contributed by atoms with E-state index in [1.165, 1.54) is 24.4 Å². The van der Waals surface area contributed by atoms with Gasteiger partial charge >= 0.3 is 5.97 Å². The highest BCUT2D eigenvalue weighted by molar-refractivity contribution is 7.99. The molecule has 0 aliphatic carbocycles. The first-order valence-corrected chi connectivity index (χ1v) is 8.37. The zero-order valence-electron chi connectivity index (χ0n) is 13.4. The second-order valence-corrected chi connectivity index (χ2v) is 5.87. The van der Waals surface area contributed by atoms with Gasteiger partial charge in [-0.25, -0.2) is 0 Å². The zero-order valence-corrected chi connectivity index (χ0v) is 14.2. The second kappa shape index (κ2) is 9.32. The van der Waals surface area contributed by atoms with E-state index in [0.29, 0.717) is 13.0 Å². The molecule has 1 heterocycles. The summed E-state index contributed by atoms with van der Waals surface area (Å²) in [4.78, 5) is 11.3. The number of aromatic nitrogens is 3. The Kier molecular flexibility index (Phi) is 7.09. The Hall–Kier alpha value is -1.86. The minimum absolute atomic E-state index is 0.226. The third kappa shape index (κ3) is 5.37. The van der Waals surface area contributed by atoms with Crippen LogP contribution in [0.1, 0.15) is 17.8 Å². The second-order valence-electron chi connectivity index (χ2n) is 4.92. The van der Waals surface area contributed by atoms with Crippen molar-refractivity contribution in [3.8, 4) is 0 Å². The lowest BCUT2D eigenvalue weighted by Crippen LogP contribution is -2.10. The molecule has 0 saturated heterocycles. The average Bonchev–Trinajstić information content (AvgIpc) is 2.96. The molecule has 0 atom stereocenters. The quantitative estimate of drug-likeness (QED) is 0.397. The van der Waals surface area contributed by atoms with E-state index < -0.39 is 0 Å². The monoisotopic (exact) mass is 335 g/mol. The van der Waals surface area contributed by atoms with Crippen LogP contribution in [0.3, 0.4) is 0 Å². The molecule has 124 valence electrons. The molecule has 0 unspecified atom stereocenters. The predicted octanol–water partition coefficient (Wildman–Crippen LogP) is 2.17. The lowest BCUT2D eigenvalue weighted by Gasteiger charge is -2.09. The first-order valence-electron chi connectivity index (χ1n) is 7.39. The number of carbonyl (C=O) groups excluding carboxylic acids is 1. The molecule has 1 aromatic heterocycles. The first-order chi connectivity index (χ1) is 11.2. The summed E-state index contributed by atoms with van der Waals surface area (Å²) < 4.78 is 11.8. The maximum Gasteiger partial charge on any atom is 0.316 e. The van der Waals surface area contributed by atoms with Gasteiger partial charge in [0.25, 0.3) is 0 Å². The zero-order chi connectivity index (χ0) is 16.5. The number of thioether (sulfide) groups is 1. The molecule has 23 heavy (non-hydrogen) atoms. The molecule has 0 aliphatic rings. The number of rotatable bonds is 9. The van der Waals surface area contributed by atoms with Crippen LogP contribution in [0.5, 0.6) is 0 Å². The molecule has 0 saturated carbocycles. The predicted molar refractivity (Wildman–Crippen MR) is 88.5 cm³/mol. The Morgan fingerprint density at radius 2 is 2.00 bits per heavy atom. The van der Waals surface area contributed by atoms with Crippen molar-refractivity contribution in [2.24, 2.45) is 0 Å². The average molecular weight is 335 g/mol. The summed E-state index contributed by atoms with van der Waals surface area (Å²) in [5.74, 6) is 0.843. The minimum Gasteiger partial charge on any atom is -0.468 e. The van der Waals surface area contributed by atoms with Crippen molar-refractivity contribution < 1.29 is 14.3 Å². The number of carbonyl (C=O) groups is 1. The highest BCUT2D eigenvalue weighted by atomic mass is 32.2. The lowest BCUT2D eigenvalue weighted by molar-refractivity contribution is -0.137. The Morgan fingerprint density at radius 1 is 1.22 bits per heavy atom. The number of methoxy groups -OCH3 is 2. The van der Waals surface area contributed by atoms with E-state index in [4.69, 9.17) is 4.74 Å². The highest BCUT2D eigenvalue weighted by Crippen LogP contribution is 2.19. The van der Waals surface area contributed by atoms with Crippen LogP contribution in [0.4, 0.5) is 0 Å². The van der Waals surface area contributed by atoms with Gasteiger partial charge in [0, 0.05) is 26.7 Å². The summed E-state index contributed by atoms with van der Waals surface area (Å²) in [6.45, 7) is 1.43. The van der Waals surface area contributed by atoms with Crippen molar-refractivity contribution in [1.82, 2.24) is 14.8 Å². The van der Waals surface area contributed by atoms with E-state index in [1.54, 1.807) is 7.11 Å². The fourth-order valence-corrected chi connectivity index (χ4v) is 2.92. The maximum atomic E-state index is 11.3. The van der Waals surface area contributed by atoms with Crippen molar-refractivity contribution in [2.45, 2.75) is 24.5 Å². The number of nitrogens with zero attached hydrogens (tertiary/aromatic N) is 3. The van der Waals surface area contributed by atoms with Gasteiger partial charge in [-0.1, -0.05) is 42.1 Å². The topological polar surface area (TPSA) is 66.2 Å². The van der Waals surface area contributed by atoms with Crippen LogP contribution in [0, 0.1) is 0 Å². The van der Waals surface area contributed by atoms with Crippen molar-refractivity contribution in [3.05, 3.63) is 41.7 Å².